The lowest BCUT2D eigenvalue weighted by Gasteiger charge is -2.07. The Hall–Kier alpha value is -2.49. The molecule has 0 unspecified atom stereocenters. The number of anilines is 1. The third-order valence-corrected chi connectivity index (χ3v) is 3.03. The van der Waals surface area contributed by atoms with Crippen LogP contribution >= 0.6 is 0 Å². The van der Waals surface area contributed by atoms with Gasteiger partial charge in [-0.15, -0.1) is 0 Å². The van der Waals surface area contributed by atoms with E-state index in [-0.39, 0.29) is 5.75 Å². The molecule has 0 fully saturated rings. The van der Waals surface area contributed by atoms with Crippen LogP contribution in [0.3, 0.4) is 0 Å². The normalized spacial score (nSPS) is 10.9. The van der Waals surface area contributed by atoms with Crippen LogP contribution in [0.4, 0.5) is 5.69 Å². The number of aromatic nitrogens is 2. The third kappa shape index (κ3) is 1.43. The summed E-state index contributed by atoms with van der Waals surface area (Å²) in [5.74, 6) is 0.205. The van der Waals surface area contributed by atoms with Crippen LogP contribution in [0.25, 0.3) is 16.6 Å². The van der Waals surface area contributed by atoms with E-state index >= 15 is 0 Å². The summed E-state index contributed by atoms with van der Waals surface area (Å²) < 4.78 is 1.69. The number of benzene rings is 2. The third-order valence-electron chi connectivity index (χ3n) is 3.03. The predicted octanol–water partition coefficient (Wildman–Crippen LogP) is 2.62. The van der Waals surface area contributed by atoms with Crippen molar-refractivity contribution in [1.82, 2.24) is 9.78 Å². The number of fused-ring (bicyclic) bond motifs is 1. The van der Waals surface area contributed by atoms with E-state index in [9.17, 15) is 5.11 Å². The molecule has 0 radical (unpaired) electrons. The fraction of sp³-hybridized carbons (Fsp3) is 0.0714. The van der Waals surface area contributed by atoms with Gasteiger partial charge in [0.05, 0.1) is 17.1 Å². The van der Waals surface area contributed by atoms with Gasteiger partial charge in [0, 0.05) is 5.39 Å². The van der Waals surface area contributed by atoms with E-state index in [1.54, 1.807) is 10.7 Å². The zero-order valence-electron chi connectivity index (χ0n) is 9.96. The van der Waals surface area contributed by atoms with Crippen molar-refractivity contribution in [2.75, 3.05) is 5.73 Å². The summed E-state index contributed by atoms with van der Waals surface area (Å²) in [7, 11) is 0. The molecule has 0 atom stereocenters. The highest BCUT2D eigenvalue weighted by molar-refractivity contribution is 5.89. The van der Waals surface area contributed by atoms with Crippen LogP contribution in [0.2, 0.25) is 0 Å². The first kappa shape index (κ1) is 10.7. The molecule has 0 aliphatic carbocycles. The SMILES string of the molecule is Cc1nn(-c2ccccc2N)c2c(O)cccc12. The van der Waals surface area contributed by atoms with Gasteiger partial charge < -0.3 is 10.8 Å². The number of aryl methyl sites for hydroxylation is 1. The van der Waals surface area contributed by atoms with Crippen LogP contribution in [-0.2, 0) is 0 Å². The molecule has 0 spiro atoms. The van der Waals surface area contributed by atoms with Gasteiger partial charge in [0.1, 0.15) is 11.3 Å². The van der Waals surface area contributed by atoms with Crippen LogP contribution in [0.1, 0.15) is 5.69 Å². The molecule has 3 N–H and O–H groups in total. The van der Waals surface area contributed by atoms with Gasteiger partial charge in [-0.3, -0.25) is 0 Å². The lowest BCUT2D eigenvalue weighted by Crippen LogP contribution is -2.01. The summed E-state index contributed by atoms with van der Waals surface area (Å²) in [5.41, 5.74) is 8.92. The molecule has 0 saturated carbocycles. The van der Waals surface area contributed by atoms with E-state index < -0.39 is 0 Å². The molecule has 1 heterocycles. The van der Waals surface area contributed by atoms with Crippen molar-refractivity contribution in [2.45, 2.75) is 6.92 Å². The first-order valence-electron chi connectivity index (χ1n) is 5.70. The van der Waals surface area contributed by atoms with Crippen molar-refractivity contribution in [3.05, 3.63) is 48.2 Å². The maximum absolute atomic E-state index is 10.0. The highest BCUT2D eigenvalue weighted by Crippen LogP contribution is 2.30. The second-order valence-electron chi connectivity index (χ2n) is 4.23. The van der Waals surface area contributed by atoms with E-state index in [1.165, 1.54) is 0 Å². The maximum Gasteiger partial charge on any atom is 0.141 e. The van der Waals surface area contributed by atoms with E-state index in [2.05, 4.69) is 5.10 Å². The molecule has 18 heavy (non-hydrogen) atoms. The number of nitrogen functional groups attached to an aromatic ring is 1. The zero-order chi connectivity index (χ0) is 12.7. The van der Waals surface area contributed by atoms with Crippen molar-refractivity contribution >= 4 is 16.6 Å². The van der Waals surface area contributed by atoms with E-state index in [1.807, 2.05) is 43.3 Å². The Bertz CT molecular complexity index is 731. The Balaban J connectivity index is 2.41. The molecule has 0 amide bonds. The Morgan fingerprint density at radius 3 is 2.67 bits per heavy atom. The Morgan fingerprint density at radius 1 is 1.11 bits per heavy atom. The van der Waals surface area contributed by atoms with Crippen LogP contribution in [0.15, 0.2) is 42.5 Å². The van der Waals surface area contributed by atoms with Crippen LogP contribution in [0.5, 0.6) is 5.75 Å². The summed E-state index contributed by atoms with van der Waals surface area (Å²) in [6, 6.07) is 12.9. The lowest BCUT2D eigenvalue weighted by atomic mass is 10.2. The van der Waals surface area contributed by atoms with Gasteiger partial charge in [-0.25, -0.2) is 4.68 Å². The fourth-order valence-electron chi connectivity index (χ4n) is 2.15. The van der Waals surface area contributed by atoms with Gasteiger partial charge in [-0.2, -0.15) is 5.10 Å². The highest BCUT2D eigenvalue weighted by atomic mass is 16.3. The minimum absolute atomic E-state index is 0.205. The molecule has 3 aromatic rings. The molecule has 0 saturated heterocycles. The topological polar surface area (TPSA) is 64.1 Å². The summed E-state index contributed by atoms with van der Waals surface area (Å²) >= 11 is 0. The molecule has 4 heteroatoms. The number of para-hydroxylation sites is 3. The largest absolute Gasteiger partial charge is 0.506 e. The number of rotatable bonds is 1. The van der Waals surface area contributed by atoms with E-state index in [4.69, 9.17) is 5.73 Å². The lowest BCUT2D eigenvalue weighted by molar-refractivity contribution is 0.479. The van der Waals surface area contributed by atoms with E-state index in [0.717, 1.165) is 16.8 Å². The van der Waals surface area contributed by atoms with Gasteiger partial charge in [0.15, 0.2) is 0 Å². The minimum atomic E-state index is 0.205. The number of hydrogen-bond acceptors (Lipinski definition) is 3. The number of nitrogens with two attached hydrogens (primary N) is 1. The number of nitrogens with zero attached hydrogens (tertiary/aromatic N) is 2. The molecule has 0 aliphatic rings. The number of phenolic OH excluding ortho intramolecular Hbond substituents is 1. The highest BCUT2D eigenvalue weighted by Gasteiger charge is 2.13. The molecule has 4 nitrogen and oxygen atoms in total. The summed E-state index contributed by atoms with van der Waals surface area (Å²) in [5, 5.41) is 15.4. The van der Waals surface area contributed by atoms with Crippen LogP contribution in [0, 0.1) is 6.92 Å². The van der Waals surface area contributed by atoms with Gasteiger partial charge >= 0.3 is 0 Å². The van der Waals surface area contributed by atoms with Crippen molar-refractivity contribution < 1.29 is 5.11 Å². The molecule has 2 aromatic carbocycles. The summed E-state index contributed by atoms with van der Waals surface area (Å²) in [6.07, 6.45) is 0. The van der Waals surface area contributed by atoms with Gasteiger partial charge in [-0.1, -0.05) is 24.3 Å². The van der Waals surface area contributed by atoms with Crippen LogP contribution < -0.4 is 5.73 Å². The number of aromatic hydroxyl groups is 1. The van der Waals surface area contributed by atoms with Crippen molar-refractivity contribution in [1.29, 1.82) is 0 Å². The smallest absolute Gasteiger partial charge is 0.141 e. The molecule has 3 rings (SSSR count). The fourth-order valence-corrected chi connectivity index (χ4v) is 2.15. The minimum Gasteiger partial charge on any atom is -0.506 e. The average molecular weight is 239 g/mol. The molecule has 0 aliphatic heterocycles. The Morgan fingerprint density at radius 2 is 1.89 bits per heavy atom. The Labute approximate surface area is 104 Å². The second kappa shape index (κ2) is 3.77. The standard InChI is InChI=1S/C14H13N3O/c1-9-10-5-4-8-13(18)14(10)17(16-9)12-7-3-2-6-11(12)15/h2-8,18H,15H2,1H3. The first-order chi connectivity index (χ1) is 8.68. The summed E-state index contributed by atoms with van der Waals surface area (Å²) in [6.45, 7) is 1.91. The van der Waals surface area contributed by atoms with Crippen molar-refractivity contribution in [3.63, 3.8) is 0 Å². The van der Waals surface area contributed by atoms with Crippen LogP contribution in [-0.4, -0.2) is 14.9 Å². The monoisotopic (exact) mass is 239 g/mol. The molecular formula is C14H13N3O. The second-order valence-corrected chi connectivity index (χ2v) is 4.23. The molecular weight excluding hydrogens is 226 g/mol. The van der Waals surface area contributed by atoms with Crippen molar-refractivity contribution in [3.8, 4) is 11.4 Å². The quantitative estimate of drug-likeness (QED) is 0.641. The first-order valence-corrected chi connectivity index (χ1v) is 5.70. The van der Waals surface area contributed by atoms with Gasteiger partial charge in [0.25, 0.3) is 0 Å². The Kier molecular flexibility index (Phi) is 2.23. The number of phenols is 1. The van der Waals surface area contributed by atoms with Crippen molar-refractivity contribution in [2.24, 2.45) is 0 Å². The predicted molar refractivity (Wildman–Crippen MR) is 71.9 cm³/mol. The maximum atomic E-state index is 10.0. The van der Waals surface area contributed by atoms with E-state index in [0.29, 0.717) is 11.2 Å². The number of hydrogen-bond donors (Lipinski definition) is 2. The average Bonchev–Trinajstić information content (AvgIpc) is 2.69. The molecule has 0 bridgehead atoms. The molecule has 90 valence electrons. The summed E-state index contributed by atoms with van der Waals surface area (Å²) in [4.78, 5) is 0. The zero-order valence-corrected chi connectivity index (χ0v) is 9.96. The molecule has 1 aromatic heterocycles. The van der Waals surface area contributed by atoms with Gasteiger partial charge in [0.2, 0.25) is 0 Å². The van der Waals surface area contributed by atoms with Gasteiger partial charge in [-0.05, 0) is 25.1 Å².